The predicted octanol–water partition coefficient (Wildman–Crippen LogP) is 0.486. The van der Waals surface area contributed by atoms with E-state index in [4.69, 9.17) is 10.5 Å². The zero-order valence-corrected chi connectivity index (χ0v) is 13.0. The minimum absolute atomic E-state index is 0.156. The molecule has 2 heterocycles. The molecule has 0 aromatic carbocycles. The van der Waals surface area contributed by atoms with Gasteiger partial charge in [0, 0.05) is 39.1 Å². The van der Waals surface area contributed by atoms with Crippen LogP contribution in [0.5, 0.6) is 0 Å². The highest BCUT2D eigenvalue weighted by atomic mass is 16.5. The summed E-state index contributed by atoms with van der Waals surface area (Å²) >= 11 is 0. The average Bonchev–Trinajstić information content (AvgIpc) is 2.68. The van der Waals surface area contributed by atoms with E-state index in [1.807, 2.05) is 6.92 Å². The Kier molecular flexibility index (Phi) is 5.98. The SMILES string of the molecule is COCC(C)NC(N)=NCCc1nnc2n1CCCCC2. The number of aryl methyl sites for hydroxylation is 1. The number of ether oxygens (including phenoxy) is 1. The summed E-state index contributed by atoms with van der Waals surface area (Å²) in [6, 6.07) is 0.156. The lowest BCUT2D eigenvalue weighted by molar-refractivity contribution is 0.179. The van der Waals surface area contributed by atoms with Crippen LogP contribution < -0.4 is 11.1 Å². The monoisotopic (exact) mass is 294 g/mol. The van der Waals surface area contributed by atoms with E-state index in [0.717, 1.165) is 31.0 Å². The number of guanidine groups is 1. The van der Waals surface area contributed by atoms with Gasteiger partial charge in [-0.1, -0.05) is 6.42 Å². The molecule has 7 heteroatoms. The maximum atomic E-state index is 5.85. The Morgan fingerprint density at radius 3 is 3.10 bits per heavy atom. The number of nitrogens with one attached hydrogen (secondary N) is 1. The number of rotatable bonds is 6. The van der Waals surface area contributed by atoms with Crippen molar-refractivity contribution in [3.63, 3.8) is 0 Å². The van der Waals surface area contributed by atoms with E-state index >= 15 is 0 Å². The molecule has 0 amide bonds. The molecule has 2 rings (SSSR count). The second-order valence-corrected chi connectivity index (χ2v) is 5.51. The molecule has 3 N–H and O–H groups in total. The average molecular weight is 294 g/mol. The van der Waals surface area contributed by atoms with Crippen molar-refractivity contribution in [3.05, 3.63) is 11.6 Å². The largest absolute Gasteiger partial charge is 0.383 e. The molecule has 1 unspecified atom stereocenters. The highest BCUT2D eigenvalue weighted by Gasteiger charge is 2.14. The van der Waals surface area contributed by atoms with Crippen LogP contribution in [0.25, 0.3) is 0 Å². The standard InChI is InChI=1S/C14H26N6O/c1-11(10-21-2)17-14(15)16-8-7-13-19-18-12-6-4-3-5-9-20(12)13/h11H,3-10H2,1-2H3,(H3,15,16,17). The second kappa shape index (κ2) is 7.97. The van der Waals surface area contributed by atoms with Gasteiger partial charge in [-0.2, -0.15) is 0 Å². The third kappa shape index (κ3) is 4.70. The molecule has 0 radical (unpaired) electrons. The lowest BCUT2D eigenvalue weighted by Gasteiger charge is -2.13. The van der Waals surface area contributed by atoms with Gasteiger partial charge < -0.3 is 20.4 Å². The van der Waals surface area contributed by atoms with Crippen molar-refractivity contribution >= 4 is 5.96 Å². The lowest BCUT2D eigenvalue weighted by Crippen LogP contribution is -2.40. The highest BCUT2D eigenvalue weighted by molar-refractivity contribution is 5.78. The number of nitrogens with zero attached hydrogens (tertiary/aromatic N) is 4. The first-order chi connectivity index (χ1) is 10.2. The van der Waals surface area contributed by atoms with Crippen molar-refractivity contribution < 1.29 is 4.74 Å². The van der Waals surface area contributed by atoms with Gasteiger partial charge in [0.2, 0.25) is 0 Å². The minimum atomic E-state index is 0.156. The number of aromatic nitrogens is 3. The van der Waals surface area contributed by atoms with Crippen molar-refractivity contribution in [2.75, 3.05) is 20.3 Å². The molecule has 7 nitrogen and oxygen atoms in total. The summed E-state index contributed by atoms with van der Waals surface area (Å²) < 4.78 is 7.30. The van der Waals surface area contributed by atoms with E-state index in [0.29, 0.717) is 19.1 Å². The summed E-state index contributed by atoms with van der Waals surface area (Å²) in [7, 11) is 1.67. The first-order valence-corrected chi connectivity index (χ1v) is 7.67. The topological polar surface area (TPSA) is 90.3 Å². The Morgan fingerprint density at radius 1 is 1.43 bits per heavy atom. The molecule has 0 aliphatic carbocycles. The smallest absolute Gasteiger partial charge is 0.188 e. The molecule has 0 fully saturated rings. The third-order valence-corrected chi connectivity index (χ3v) is 3.61. The molecule has 0 spiro atoms. The summed E-state index contributed by atoms with van der Waals surface area (Å²) in [5.41, 5.74) is 5.85. The van der Waals surface area contributed by atoms with E-state index in [-0.39, 0.29) is 6.04 Å². The Labute approximate surface area is 126 Å². The van der Waals surface area contributed by atoms with Gasteiger partial charge in [-0.05, 0) is 19.8 Å². The van der Waals surface area contributed by atoms with E-state index in [1.165, 1.54) is 19.3 Å². The van der Waals surface area contributed by atoms with E-state index < -0.39 is 0 Å². The molecule has 1 aliphatic rings. The molecule has 1 aliphatic heterocycles. The summed E-state index contributed by atoms with van der Waals surface area (Å²) in [5, 5.41) is 11.7. The first kappa shape index (κ1) is 15.8. The Balaban J connectivity index is 1.84. The van der Waals surface area contributed by atoms with Crippen LogP contribution in [-0.4, -0.2) is 47.0 Å². The number of hydrogen-bond donors (Lipinski definition) is 2. The zero-order valence-electron chi connectivity index (χ0n) is 13.0. The van der Waals surface area contributed by atoms with Gasteiger partial charge >= 0.3 is 0 Å². The molecule has 0 saturated carbocycles. The molecule has 1 atom stereocenters. The number of hydrogen-bond acceptors (Lipinski definition) is 4. The fraction of sp³-hybridized carbons (Fsp3) is 0.786. The van der Waals surface area contributed by atoms with Gasteiger partial charge in [0.25, 0.3) is 0 Å². The molecule has 0 saturated heterocycles. The van der Waals surface area contributed by atoms with Crippen molar-refractivity contribution in [2.24, 2.45) is 10.7 Å². The summed E-state index contributed by atoms with van der Waals surface area (Å²) in [6.07, 6.45) is 5.50. The van der Waals surface area contributed by atoms with Crippen LogP contribution >= 0.6 is 0 Å². The van der Waals surface area contributed by atoms with Crippen molar-refractivity contribution in [3.8, 4) is 0 Å². The molecule has 1 aromatic heterocycles. The zero-order chi connectivity index (χ0) is 15.1. The summed E-state index contributed by atoms with van der Waals surface area (Å²) in [5.74, 6) is 2.59. The molecule has 0 bridgehead atoms. The Bertz CT molecular complexity index is 470. The molecular weight excluding hydrogens is 268 g/mol. The van der Waals surface area contributed by atoms with Crippen LogP contribution in [0.3, 0.4) is 0 Å². The predicted molar refractivity (Wildman–Crippen MR) is 82.2 cm³/mol. The first-order valence-electron chi connectivity index (χ1n) is 7.67. The van der Waals surface area contributed by atoms with Crippen LogP contribution in [0, 0.1) is 0 Å². The second-order valence-electron chi connectivity index (χ2n) is 5.51. The van der Waals surface area contributed by atoms with Crippen molar-refractivity contribution in [1.82, 2.24) is 20.1 Å². The Hall–Kier alpha value is -1.63. The van der Waals surface area contributed by atoms with Crippen molar-refractivity contribution in [2.45, 2.75) is 51.6 Å². The number of methoxy groups -OCH3 is 1. The van der Waals surface area contributed by atoms with Gasteiger partial charge in [-0.3, -0.25) is 4.99 Å². The maximum absolute atomic E-state index is 5.85. The maximum Gasteiger partial charge on any atom is 0.188 e. The third-order valence-electron chi connectivity index (χ3n) is 3.61. The van der Waals surface area contributed by atoms with Crippen LogP contribution in [0.2, 0.25) is 0 Å². The van der Waals surface area contributed by atoms with Gasteiger partial charge in [-0.15, -0.1) is 10.2 Å². The van der Waals surface area contributed by atoms with E-state index in [9.17, 15) is 0 Å². The molecular formula is C14H26N6O. The summed E-state index contributed by atoms with van der Waals surface area (Å²) in [4.78, 5) is 4.34. The number of fused-ring (bicyclic) bond motifs is 1. The molecule has 1 aromatic rings. The fourth-order valence-corrected chi connectivity index (χ4v) is 2.60. The summed E-state index contributed by atoms with van der Waals surface area (Å²) in [6.45, 7) is 4.26. The van der Waals surface area contributed by atoms with Crippen LogP contribution in [0.1, 0.15) is 37.8 Å². The Morgan fingerprint density at radius 2 is 2.29 bits per heavy atom. The van der Waals surface area contributed by atoms with Crippen molar-refractivity contribution in [1.29, 1.82) is 0 Å². The van der Waals surface area contributed by atoms with Crippen LogP contribution in [0.15, 0.2) is 4.99 Å². The van der Waals surface area contributed by atoms with E-state index in [1.54, 1.807) is 7.11 Å². The lowest BCUT2D eigenvalue weighted by atomic mass is 10.2. The number of aliphatic imine (C=N–C) groups is 1. The van der Waals surface area contributed by atoms with Gasteiger partial charge in [0.05, 0.1) is 6.61 Å². The minimum Gasteiger partial charge on any atom is -0.383 e. The fourth-order valence-electron chi connectivity index (χ4n) is 2.60. The van der Waals surface area contributed by atoms with Crippen LogP contribution in [-0.2, 0) is 24.1 Å². The molecule has 21 heavy (non-hydrogen) atoms. The quantitative estimate of drug-likeness (QED) is 0.588. The van der Waals surface area contributed by atoms with Gasteiger partial charge in [0.1, 0.15) is 11.6 Å². The molecule has 118 valence electrons. The normalized spacial score (nSPS) is 17.1. The van der Waals surface area contributed by atoms with Gasteiger partial charge in [0.15, 0.2) is 5.96 Å². The van der Waals surface area contributed by atoms with Gasteiger partial charge in [-0.25, -0.2) is 0 Å². The number of nitrogens with two attached hydrogens (primary N) is 1. The highest BCUT2D eigenvalue weighted by Crippen LogP contribution is 2.14. The van der Waals surface area contributed by atoms with E-state index in [2.05, 4.69) is 25.1 Å². The van der Waals surface area contributed by atoms with Crippen LogP contribution in [0.4, 0.5) is 0 Å².